The van der Waals surface area contributed by atoms with Crippen LogP contribution in [0.4, 0.5) is 10.5 Å². The second kappa shape index (κ2) is 5.31. The minimum Gasteiger partial charge on any atom is -0.444 e. The van der Waals surface area contributed by atoms with Crippen molar-refractivity contribution in [1.82, 2.24) is 0 Å². The highest BCUT2D eigenvalue weighted by molar-refractivity contribution is 5.84. The molecule has 1 amide bonds. The standard InChI is InChI=1S/C15H20N2O2/c1-14(2,3)19-13(18)17-12-8-6-11(7-9-12)15(4,5)10-16/h6-9H,1-5H3,(H,17,18). The number of nitrogens with one attached hydrogen (secondary N) is 1. The van der Waals surface area contributed by atoms with Gasteiger partial charge in [0.2, 0.25) is 0 Å². The van der Waals surface area contributed by atoms with Crippen molar-refractivity contribution in [2.24, 2.45) is 0 Å². The van der Waals surface area contributed by atoms with Crippen LogP contribution in [0.2, 0.25) is 0 Å². The van der Waals surface area contributed by atoms with E-state index < -0.39 is 17.1 Å². The molecule has 0 spiro atoms. The number of ether oxygens (including phenoxy) is 1. The molecule has 0 unspecified atom stereocenters. The fraction of sp³-hybridized carbons (Fsp3) is 0.467. The van der Waals surface area contributed by atoms with Gasteiger partial charge in [0.15, 0.2) is 0 Å². The summed E-state index contributed by atoms with van der Waals surface area (Å²) in [6.45, 7) is 9.13. The van der Waals surface area contributed by atoms with Crippen LogP contribution in [0, 0.1) is 11.3 Å². The molecule has 1 aromatic carbocycles. The highest BCUT2D eigenvalue weighted by Gasteiger charge is 2.20. The van der Waals surface area contributed by atoms with Crippen molar-refractivity contribution in [3.8, 4) is 6.07 Å². The van der Waals surface area contributed by atoms with Crippen LogP contribution >= 0.6 is 0 Å². The van der Waals surface area contributed by atoms with E-state index in [2.05, 4.69) is 11.4 Å². The zero-order valence-corrected chi connectivity index (χ0v) is 12.1. The van der Waals surface area contributed by atoms with Crippen molar-refractivity contribution in [2.45, 2.75) is 45.6 Å². The molecule has 0 atom stereocenters. The minimum atomic E-state index is -0.537. The number of anilines is 1. The summed E-state index contributed by atoms with van der Waals surface area (Å²) < 4.78 is 5.16. The second-order valence-electron chi connectivity index (χ2n) is 5.94. The van der Waals surface area contributed by atoms with Gasteiger partial charge in [0.1, 0.15) is 5.60 Å². The molecule has 0 saturated carbocycles. The molecular formula is C15H20N2O2. The zero-order valence-electron chi connectivity index (χ0n) is 12.1. The lowest BCUT2D eigenvalue weighted by molar-refractivity contribution is 0.0636. The topological polar surface area (TPSA) is 62.1 Å². The highest BCUT2D eigenvalue weighted by atomic mass is 16.6. The third kappa shape index (κ3) is 4.63. The molecular weight excluding hydrogens is 240 g/mol. The summed E-state index contributed by atoms with van der Waals surface area (Å²) in [6, 6.07) is 9.42. The van der Waals surface area contributed by atoms with Crippen LogP contribution in [0.15, 0.2) is 24.3 Å². The average molecular weight is 260 g/mol. The van der Waals surface area contributed by atoms with E-state index in [9.17, 15) is 4.79 Å². The Labute approximate surface area is 114 Å². The normalized spacial score (nSPS) is 11.6. The van der Waals surface area contributed by atoms with Crippen LogP contribution in [0.5, 0.6) is 0 Å². The predicted molar refractivity (Wildman–Crippen MR) is 74.9 cm³/mol. The van der Waals surface area contributed by atoms with E-state index >= 15 is 0 Å². The molecule has 0 fully saturated rings. The predicted octanol–water partition coefficient (Wildman–Crippen LogP) is 3.83. The second-order valence-corrected chi connectivity index (χ2v) is 5.94. The Bertz CT molecular complexity index is 490. The number of rotatable bonds is 2. The molecule has 0 aliphatic carbocycles. The van der Waals surface area contributed by atoms with Crippen molar-refractivity contribution in [2.75, 3.05) is 5.32 Å². The Hall–Kier alpha value is -2.02. The number of hydrogen-bond donors (Lipinski definition) is 1. The summed E-state index contributed by atoms with van der Waals surface area (Å²) in [5, 5.41) is 11.7. The zero-order chi connectivity index (χ0) is 14.7. The van der Waals surface area contributed by atoms with E-state index in [4.69, 9.17) is 10.00 Å². The molecule has 0 aromatic heterocycles. The van der Waals surface area contributed by atoms with Gasteiger partial charge in [-0.25, -0.2) is 4.79 Å². The number of carbonyl (C=O) groups excluding carboxylic acids is 1. The van der Waals surface area contributed by atoms with Gasteiger partial charge in [0.05, 0.1) is 11.5 Å². The first-order valence-corrected chi connectivity index (χ1v) is 6.16. The Morgan fingerprint density at radius 2 is 1.68 bits per heavy atom. The number of amides is 1. The van der Waals surface area contributed by atoms with Crippen LogP contribution in [-0.4, -0.2) is 11.7 Å². The Balaban J connectivity index is 2.74. The van der Waals surface area contributed by atoms with E-state index in [1.165, 1.54) is 0 Å². The van der Waals surface area contributed by atoms with E-state index in [-0.39, 0.29) is 0 Å². The smallest absolute Gasteiger partial charge is 0.412 e. The maximum absolute atomic E-state index is 11.6. The maximum Gasteiger partial charge on any atom is 0.412 e. The monoisotopic (exact) mass is 260 g/mol. The Kier molecular flexibility index (Phi) is 4.21. The molecule has 1 rings (SSSR count). The quantitative estimate of drug-likeness (QED) is 0.878. The third-order valence-corrected chi connectivity index (χ3v) is 2.53. The molecule has 0 aliphatic rings. The number of carbonyl (C=O) groups is 1. The summed E-state index contributed by atoms with van der Waals surface area (Å²) in [6.07, 6.45) is -0.486. The van der Waals surface area contributed by atoms with E-state index in [0.717, 1.165) is 5.56 Å². The van der Waals surface area contributed by atoms with Gasteiger partial charge in [-0.2, -0.15) is 5.26 Å². The summed E-state index contributed by atoms with van der Waals surface area (Å²) >= 11 is 0. The summed E-state index contributed by atoms with van der Waals surface area (Å²) in [5.74, 6) is 0. The largest absolute Gasteiger partial charge is 0.444 e. The lowest BCUT2D eigenvalue weighted by Gasteiger charge is -2.20. The molecule has 0 heterocycles. The summed E-state index contributed by atoms with van der Waals surface area (Å²) in [4.78, 5) is 11.6. The van der Waals surface area contributed by atoms with Crippen LogP contribution in [0.3, 0.4) is 0 Å². The van der Waals surface area contributed by atoms with E-state index in [1.807, 2.05) is 46.8 Å². The van der Waals surface area contributed by atoms with Crippen molar-refractivity contribution in [3.63, 3.8) is 0 Å². The molecule has 4 heteroatoms. The molecule has 0 bridgehead atoms. The molecule has 19 heavy (non-hydrogen) atoms. The third-order valence-electron chi connectivity index (χ3n) is 2.53. The molecule has 0 radical (unpaired) electrons. The van der Waals surface area contributed by atoms with Crippen LogP contribution in [0.1, 0.15) is 40.2 Å². The van der Waals surface area contributed by atoms with Crippen molar-refractivity contribution >= 4 is 11.8 Å². The van der Waals surface area contributed by atoms with Crippen molar-refractivity contribution in [1.29, 1.82) is 5.26 Å². The van der Waals surface area contributed by atoms with Gasteiger partial charge >= 0.3 is 6.09 Å². The van der Waals surface area contributed by atoms with E-state index in [1.54, 1.807) is 12.1 Å². The van der Waals surface area contributed by atoms with Crippen LogP contribution < -0.4 is 5.32 Å². The van der Waals surface area contributed by atoms with Gasteiger partial charge < -0.3 is 4.74 Å². The van der Waals surface area contributed by atoms with Crippen molar-refractivity contribution < 1.29 is 9.53 Å². The Morgan fingerprint density at radius 1 is 1.16 bits per heavy atom. The van der Waals surface area contributed by atoms with Crippen LogP contribution in [0.25, 0.3) is 0 Å². The van der Waals surface area contributed by atoms with Gasteiger partial charge in [-0.3, -0.25) is 5.32 Å². The Morgan fingerprint density at radius 3 is 2.11 bits per heavy atom. The lowest BCUT2D eigenvalue weighted by Crippen LogP contribution is -2.27. The molecule has 4 nitrogen and oxygen atoms in total. The summed E-state index contributed by atoms with van der Waals surface area (Å²) in [5.41, 5.74) is 0.494. The molecule has 0 saturated heterocycles. The SMILES string of the molecule is CC(C)(C)OC(=O)Nc1ccc(C(C)(C)C#N)cc1. The highest BCUT2D eigenvalue weighted by Crippen LogP contribution is 2.23. The fourth-order valence-electron chi connectivity index (χ4n) is 1.46. The number of benzene rings is 1. The van der Waals surface area contributed by atoms with Crippen molar-refractivity contribution in [3.05, 3.63) is 29.8 Å². The average Bonchev–Trinajstić information content (AvgIpc) is 2.27. The van der Waals surface area contributed by atoms with E-state index in [0.29, 0.717) is 5.69 Å². The molecule has 102 valence electrons. The molecule has 1 aromatic rings. The maximum atomic E-state index is 11.6. The van der Waals surface area contributed by atoms with Crippen LogP contribution in [-0.2, 0) is 10.2 Å². The first-order chi connectivity index (χ1) is 8.64. The first kappa shape index (κ1) is 15.0. The first-order valence-electron chi connectivity index (χ1n) is 6.16. The fourth-order valence-corrected chi connectivity index (χ4v) is 1.46. The summed E-state index contributed by atoms with van der Waals surface area (Å²) in [7, 11) is 0. The minimum absolute atomic E-state index is 0.486. The molecule has 0 aliphatic heterocycles. The lowest BCUT2D eigenvalue weighted by atomic mass is 9.86. The molecule has 1 N–H and O–H groups in total. The van der Waals surface area contributed by atoms with Gasteiger partial charge in [0, 0.05) is 5.69 Å². The van der Waals surface area contributed by atoms with Gasteiger partial charge in [0.25, 0.3) is 0 Å². The number of hydrogen-bond acceptors (Lipinski definition) is 3. The van der Waals surface area contributed by atoms with Gasteiger partial charge in [-0.1, -0.05) is 12.1 Å². The number of nitriles is 1. The van der Waals surface area contributed by atoms with Gasteiger partial charge in [-0.15, -0.1) is 0 Å². The number of nitrogens with zero attached hydrogens (tertiary/aromatic N) is 1. The van der Waals surface area contributed by atoms with Gasteiger partial charge in [-0.05, 0) is 52.3 Å².